The molecule has 0 amide bonds. The van der Waals surface area contributed by atoms with E-state index >= 15 is 0 Å². The molecular formula is C28H32FN5. The van der Waals surface area contributed by atoms with Gasteiger partial charge in [0.25, 0.3) is 0 Å². The molecular weight excluding hydrogens is 425 g/mol. The third kappa shape index (κ3) is 6.38. The zero-order valence-electron chi connectivity index (χ0n) is 20.3. The fraction of sp³-hybridized carbons (Fsp3) is 0.250. The second kappa shape index (κ2) is 11.9. The van der Waals surface area contributed by atoms with Crippen molar-refractivity contribution in [1.29, 1.82) is 0 Å². The van der Waals surface area contributed by atoms with Crippen LogP contribution < -0.4 is 10.6 Å². The average Bonchev–Trinajstić information content (AvgIpc) is 2.83. The molecule has 0 bridgehead atoms. The number of allylic oxidation sites excluding steroid dienone is 3. The van der Waals surface area contributed by atoms with Gasteiger partial charge >= 0.3 is 0 Å². The summed E-state index contributed by atoms with van der Waals surface area (Å²) >= 11 is 0. The Balaban J connectivity index is 1.99. The summed E-state index contributed by atoms with van der Waals surface area (Å²) in [5.74, 6) is 0.338. The van der Waals surface area contributed by atoms with E-state index in [0.29, 0.717) is 11.5 Å². The van der Waals surface area contributed by atoms with E-state index in [1.54, 1.807) is 31.6 Å². The molecule has 34 heavy (non-hydrogen) atoms. The number of aromatic nitrogens is 3. The van der Waals surface area contributed by atoms with Gasteiger partial charge in [-0.05, 0) is 79.4 Å². The summed E-state index contributed by atoms with van der Waals surface area (Å²) in [5.41, 5.74) is 6.19. The minimum absolute atomic E-state index is 0.0272. The van der Waals surface area contributed by atoms with Crippen LogP contribution in [0.15, 0.2) is 73.9 Å². The molecule has 3 aromatic rings. The molecule has 0 aliphatic rings. The zero-order valence-corrected chi connectivity index (χ0v) is 20.3. The van der Waals surface area contributed by atoms with Crippen molar-refractivity contribution in [1.82, 2.24) is 20.3 Å². The monoisotopic (exact) mass is 457 g/mol. The van der Waals surface area contributed by atoms with Crippen molar-refractivity contribution in [2.45, 2.75) is 46.5 Å². The molecule has 2 aromatic heterocycles. The van der Waals surface area contributed by atoms with Crippen LogP contribution in [0.1, 0.15) is 54.3 Å². The maximum Gasteiger partial charge on any atom is 0.227 e. The first-order chi connectivity index (χ1) is 16.4. The van der Waals surface area contributed by atoms with Gasteiger partial charge in [-0.2, -0.15) is 0 Å². The number of hydrogen-bond donors (Lipinski definition) is 2. The second-order valence-electron chi connectivity index (χ2n) is 8.08. The Kier molecular flexibility index (Phi) is 8.68. The maximum absolute atomic E-state index is 14.2. The fourth-order valence-corrected chi connectivity index (χ4v) is 3.62. The number of anilines is 2. The Labute approximate surface area is 201 Å². The molecule has 0 aliphatic heterocycles. The zero-order chi connectivity index (χ0) is 24.5. The highest BCUT2D eigenvalue weighted by atomic mass is 19.1. The van der Waals surface area contributed by atoms with Gasteiger partial charge < -0.3 is 10.6 Å². The molecule has 5 nitrogen and oxygen atoms in total. The molecule has 6 heteroatoms. The van der Waals surface area contributed by atoms with Gasteiger partial charge in [-0.3, -0.25) is 4.98 Å². The first-order valence-corrected chi connectivity index (χ1v) is 11.5. The summed E-state index contributed by atoms with van der Waals surface area (Å²) in [4.78, 5) is 13.6. The first-order valence-electron chi connectivity index (χ1n) is 11.5. The van der Waals surface area contributed by atoms with E-state index < -0.39 is 0 Å². The Hall–Kier alpha value is -3.80. The summed E-state index contributed by atoms with van der Waals surface area (Å²) < 4.78 is 14.2. The molecule has 0 saturated heterocycles. The van der Waals surface area contributed by atoms with Gasteiger partial charge in [0.2, 0.25) is 5.95 Å². The number of nitrogens with one attached hydrogen (secondary N) is 2. The molecule has 1 unspecified atom stereocenters. The maximum atomic E-state index is 14.2. The van der Waals surface area contributed by atoms with Crippen LogP contribution in [0.5, 0.6) is 0 Å². The molecule has 1 atom stereocenters. The minimum atomic E-state index is -0.192. The Morgan fingerprint density at radius 1 is 1.15 bits per heavy atom. The Morgan fingerprint density at radius 2 is 1.97 bits per heavy atom. The van der Waals surface area contributed by atoms with Gasteiger partial charge in [-0.15, -0.1) is 0 Å². The van der Waals surface area contributed by atoms with Crippen LogP contribution in [0.4, 0.5) is 16.0 Å². The predicted molar refractivity (Wildman–Crippen MR) is 138 cm³/mol. The summed E-state index contributed by atoms with van der Waals surface area (Å²) in [5, 5.41) is 6.33. The lowest BCUT2D eigenvalue weighted by Crippen LogP contribution is -2.03. The molecule has 2 heterocycles. The van der Waals surface area contributed by atoms with Gasteiger partial charge in [-0.25, -0.2) is 14.4 Å². The fourth-order valence-electron chi connectivity index (χ4n) is 3.62. The van der Waals surface area contributed by atoms with Crippen LogP contribution in [0.25, 0.3) is 5.57 Å². The summed E-state index contributed by atoms with van der Waals surface area (Å²) in [6.45, 7) is 11.6. The van der Waals surface area contributed by atoms with Crippen LogP contribution in [0, 0.1) is 19.7 Å². The average molecular weight is 458 g/mol. The third-order valence-corrected chi connectivity index (χ3v) is 5.62. The minimum Gasteiger partial charge on any atom is -0.368 e. The van der Waals surface area contributed by atoms with Crippen molar-refractivity contribution in [3.63, 3.8) is 0 Å². The third-order valence-electron chi connectivity index (χ3n) is 5.62. The summed E-state index contributed by atoms with van der Waals surface area (Å²) in [7, 11) is 0. The topological polar surface area (TPSA) is 62.7 Å². The number of pyridine rings is 1. The Morgan fingerprint density at radius 3 is 2.68 bits per heavy atom. The number of rotatable bonds is 10. The van der Waals surface area contributed by atoms with Crippen molar-refractivity contribution in [2.24, 2.45) is 0 Å². The quantitative estimate of drug-likeness (QED) is 0.329. The smallest absolute Gasteiger partial charge is 0.227 e. The molecule has 0 spiro atoms. The van der Waals surface area contributed by atoms with E-state index in [9.17, 15) is 4.39 Å². The van der Waals surface area contributed by atoms with E-state index in [0.717, 1.165) is 46.6 Å². The normalized spacial score (nSPS) is 12.6. The molecule has 2 N–H and O–H groups in total. The van der Waals surface area contributed by atoms with Gasteiger partial charge in [-0.1, -0.05) is 38.6 Å². The number of benzene rings is 1. The molecule has 3 rings (SSSR count). The SMILES string of the molecule is C=CN/C=C\C(=C/C(CC)c1ccc(C)c(F)c1)c1ccnc(Nc2cc(C)ncc2CC)n1. The summed E-state index contributed by atoms with van der Waals surface area (Å²) in [6.07, 6.45) is 12.7. The van der Waals surface area contributed by atoms with E-state index in [2.05, 4.69) is 47.1 Å². The standard InChI is InChI=1S/C28H32FN5/c1-6-21(23-10-9-19(4)25(29)17-23)16-24(11-13-30-8-3)26-12-14-31-28(33-26)34-27-15-20(5)32-18-22(27)7-2/h8-18,21,30H,3,6-7H2,1-2,4-5H3,(H,31,32,33,34)/b13-11-,24-16+. The lowest BCUT2D eigenvalue weighted by molar-refractivity contribution is 0.613. The van der Waals surface area contributed by atoms with Gasteiger partial charge in [0.1, 0.15) is 5.82 Å². The van der Waals surface area contributed by atoms with Crippen molar-refractivity contribution >= 4 is 17.2 Å². The highest BCUT2D eigenvalue weighted by Crippen LogP contribution is 2.28. The Bertz CT molecular complexity index is 1200. The molecule has 1 aromatic carbocycles. The number of nitrogens with zero attached hydrogens (tertiary/aromatic N) is 3. The van der Waals surface area contributed by atoms with Crippen molar-refractivity contribution < 1.29 is 4.39 Å². The summed E-state index contributed by atoms with van der Waals surface area (Å²) in [6, 6.07) is 9.30. The highest BCUT2D eigenvalue weighted by Gasteiger charge is 2.12. The number of aryl methyl sites for hydroxylation is 3. The van der Waals surface area contributed by atoms with E-state index in [-0.39, 0.29) is 11.7 Å². The lowest BCUT2D eigenvalue weighted by Gasteiger charge is -2.15. The van der Waals surface area contributed by atoms with Crippen molar-refractivity contribution in [3.8, 4) is 0 Å². The molecule has 0 aliphatic carbocycles. The van der Waals surface area contributed by atoms with Gasteiger partial charge in [0.05, 0.1) is 5.69 Å². The van der Waals surface area contributed by atoms with Crippen LogP contribution >= 0.6 is 0 Å². The predicted octanol–water partition coefficient (Wildman–Crippen LogP) is 6.76. The van der Waals surface area contributed by atoms with Crippen LogP contribution in [-0.4, -0.2) is 15.0 Å². The van der Waals surface area contributed by atoms with Crippen molar-refractivity contribution in [2.75, 3.05) is 5.32 Å². The van der Waals surface area contributed by atoms with E-state index in [1.807, 2.05) is 43.5 Å². The second-order valence-corrected chi connectivity index (χ2v) is 8.08. The largest absolute Gasteiger partial charge is 0.368 e. The molecule has 0 fully saturated rings. The van der Waals surface area contributed by atoms with Crippen LogP contribution in [0.3, 0.4) is 0 Å². The highest BCUT2D eigenvalue weighted by molar-refractivity contribution is 5.73. The van der Waals surface area contributed by atoms with Crippen LogP contribution in [-0.2, 0) is 6.42 Å². The van der Waals surface area contributed by atoms with Gasteiger partial charge in [0.15, 0.2) is 0 Å². The molecule has 176 valence electrons. The molecule has 0 radical (unpaired) electrons. The van der Waals surface area contributed by atoms with Crippen LogP contribution in [0.2, 0.25) is 0 Å². The number of halogens is 1. The molecule has 0 saturated carbocycles. The van der Waals surface area contributed by atoms with Crippen molar-refractivity contribution in [3.05, 3.63) is 108 Å². The van der Waals surface area contributed by atoms with E-state index in [1.165, 1.54) is 0 Å². The number of hydrogen-bond acceptors (Lipinski definition) is 5. The lowest BCUT2D eigenvalue weighted by atomic mass is 9.92. The first kappa shape index (κ1) is 24.8. The van der Waals surface area contributed by atoms with Gasteiger partial charge in [0, 0.05) is 35.9 Å². The van der Waals surface area contributed by atoms with E-state index in [4.69, 9.17) is 4.98 Å².